The highest BCUT2D eigenvalue weighted by Crippen LogP contribution is 2.28. The van der Waals surface area contributed by atoms with Gasteiger partial charge in [0.25, 0.3) is 0 Å². The Morgan fingerprint density at radius 2 is 2.42 bits per heavy atom. The molecular formula is C14H15FN2S2. The number of hydrogen-bond donors (Lipinski definition) is 1. The summed E-state index contributed by atoms with van der Waals surface area (Å²) < 4.78 is 13.1. The van der Waals surface area contributed by atoms with Gasteiger partial charge in [-0.1, -0.05) is 6.07 Å². The van der Waals surface area contributed by atoms with Crippen LogP contribution in [0.25, 0.3) is 0 Å². The molecule has 2 nitrogen and oxygen atoms in total. The number of halogens is 1. The lowest BCUT2D eigenvalue weighted by molar-refractivity contribution is 0.624. The molecule has 0 spiro atoms. The van der Waals surface area contributed by atoms with Crippen molar-refractivity contribution in [1.29, 1.82) is 0 Å². The number of thiazole rings is 1. The summed E-state index contributed by atoms with van der Waals surface area (Å²) in [6.45, 7) is 1.09. The molecule has 3 rings (SSSR count). The predicted octanol–water partition coefficient (Wildman–Crippen LogP) is 4.00. The lowest BCUT2D eigenvalue weighted by Gasteiger charge is -2.05. The first-order chi connectivity index (χ1) is 9.31. The van der Waals surface area contributed by atoms with Gasteiger partial charge in [0.15, 0.2) is 0 Å². The molecule has 1 aliphatic rings. The van der Waals surface area contributed by atoms with Crippen LogP contribution in [-0.4, -0.2) is 11.5 Å². The summed E-state index contributed by atoms with van der Waals surface area (Å²) in [6, 6.07) is 7.15. The van der Waals surface area contributed by atoms with Crippen LogP contribution in [0.1, 0.15) is 29.6 Å². The van der Waals surface area contributed by atoms with Gasteiger partial charge in [0.1, 0.15) is 10.8 Å². The molecule has 0 amide bonds. The third-order valence-electron chi connectivity index (χ3n) is 3.15. The fourth-order valence-electron chi connectivity index (χ4n) is 2.19. The molecule has 1 atom stereocenters. The smallest absolute Gasteiger partial charge is 0.124 e. The monoisotopic (exact) mass is 294 g/mol. The number of benzene rings is 1. The van der Waals surface area contributed by atoms with E-state index >= 15 is 0 Å². The minimum absolute atomic E-state index is 0.181. The summed E-state index contributed by atoms with van der Waals surface area (Å²) in [5, 5.41) is 6.71. The highest BCUT2D eigenvalue weighted by molar-refractivity contribution is 7.98. The van der Waals surface area contributed by atoms with Gasteiger partial charge in [-0.25, -0.2) is 9.37 Å². The lowest BCUT2D eigenvalue weighted by atomic mass is 10.2. The second-order valence-electron chi connectivity index (χ2n) is 4.56. The average molecular weight is 294 g/mol. The molecule has 1 fully saturated rings. The molecule has 1 aliphatic heterocycles. The van der Waals surface area contributed by atoms with E-state index in [9.17, 15) is 4.39 Å². The fraction of sp³-hybridized carbons (Fsp3) is 0.357. The quantitative estimate of drug-likeness (QED) is 0.863. The maximum Gasteiger partial charge on any atom is 0.124 e. The van der Waals surface area contributed by atoms with Crippen LogP contribution in [0.3, 0.4) is 0 Å². The van der Waals surface area contributed by atoms with E-state index in [-0.39, 0.29) is 5.82 Å². The molecule has 19 heavy (non-hydrogen) atoms. The number of hydrogen-bond acceptors (Lipinski definition) is 4. The zero-order chi connectivity index (χ0) is 13.1. The van der Waals surface area contributed by atoms with Crippen LogP contribution in [0.2, 0.25) is 0 Å². The first kappa shape index (κ1) is 13.1. The van der Waals surface area contributed by atoms with Crippen molar-refractivity contribution in [3.63, 3.8) is 0 Å². The van der Waals surface area contributed by atoms with Gasteiger partial charge in [-0.05, 0) is 37.6 Å². The zero-order valence-corrected chi connectivity index (χ0v) is 12.1. The maximum atomic E-state index is 13.1. The Bertz CT molecular complexity index is 550. The van der Waals surface area contributed by atoms with Gasteiger partial charge in [-0.15, -0.1) is 23.1 Å². The van der Waals surface area contributed by atoms with Crippen molar-refractivity contribution in [2.75, 3.05) is 6.54 Å². The van der Waals surface area contributed by atoms with Crippen LogP contribution < -0.4 is 5.32 Å². The highest BCUT2D eigenvalue weighted by atomic mass is 32.2. The van der Waals surface area contributed by atoms with E-state index < -0.39 is 0 Å². The van der Waals surface area contributed by atoms with Crippen LogP contribution in [0.5, 0.6) is 0 Å². The SMILES string of the molecule is Fc1cccc(SCc2nc(C3CCCN3)cs2)c1. The Kier molecular flexibility index (Phi) is 4.15. The minimum atomic E-state index is -0.181. The first-order valence-electron chi connectivity index (χ1n) is 6.37. The molecule has 5 heteroatoms. The Balaban J connectivity index is 1.61. The Hall–Kier alpha value is -0.910. The Morgan fingerprint density at radius 3 is 3.21 bits per heavy atom. The zero-order valence-electron chi connectivity index (χ0n) is 10.4. The van der Waals surface area contributed by atoms with E-state index in [4.69, 9.17) is 0 Å². The summed E-state index contributed by atoms with van der Waals surface area (Å²) in [5.41, 5.74) is 1.16. The molecule has 2 aromatic rings. The highest BCUT2D eigenvalue weighted by Gasteiger charge is 2.18. The fourth-order valence-corrected chi connectivity index (χ4v) is 4.00. The lowest BCUT2D eigenvalue weighted by Crippen LogP contribution is -2.13. The van der Waals surface area contributed by atoms with Crippen LogP contribution in [-0.2, 0) is 5.75 Å². The third kappa shape index (κ3) is 3.35. The third-order valence-corrected chi connectivity index (χ3v) is 5.20. The topological polar surface area (TPSA) is 24.9 Å². The molecule has 0 bridgehead atoms. The average Bonchev–Trinajstić information content (AvgIpc) is 3.07. The van der Waals surface area contributed by atoms with E-state index in [0.29, 0.717) is 6.04 Å². The molecular weight excluding hydrogens is 279 g/mol. The summed E-state index contributed by atoms with van der Waals surface area (Å²) in [6.07, 6.45) is 2.41. The van der Waals surface area contributed by atoms with Crippen LogP contribution in [0, 0.1) is 5.82 Å². The van der Waals surface area contributed by atoms with Gasteiger partial charge < -0.3 is 5.32 Å². The van der Waals surface area contributed by atoms with Crippen molar-refractivity contribution in [1.82, 2.24) is 10.3 Å². The van der Waals surface area contributed by atoms with Crippen molar-refractivity contribution in [3.05, 3.63) is 46.2 Å². The summed E-state index contributed by atoms with van der Waals surface area (Å²) in [4.78, 5) is 5.63. The number of aromatic nitrogens is 1. The molecule has 1 aromatic heterocycles. The van der Waals surface area contributed by atoms with Gasteiger partial charge in [-0.2, -0.15) is 0 Å². The van der Waals surface area contributed by atoms with Crippen LogP contribution >= 0.6 is 23.1 Å². The van der Waals surface area contributed by atoms with Gasteiger partial charge in [-0.3, -0.25) is 0 Å². The molecule has 0 aliphatic carbocycles. The number of thioether (sulfide) groups is 1. The van der Waals surface area contributed by atoms with E-state index in [0.717, 1.165) is 27.9 Å². The predicted molar refractivity (Wildman–Crippen MR) is 78.1 cm³/mol. The second kappa shape index (κ2) is 6.03. The van der Waals surface area contributed by atoms with E-state index in [1.165, 1.54) is 18.9 Å². The maximum absolute atomic E-state index is 13.1. The minimum Gasteiger partial charge on any atom is -0.309 e. The largest absolute Gasteiger partial charge is 0.309 e. The molecule has 1 unspecified atom stereocenters. The van der Waals surface area contributed by atoms with E-state index in [2.05, 4.69) is 15.7 Å². The molecule has 0 radical (unpaired) electrons. The van der Waals surface area contributed by atoms with E-state index in [1.54, 1.807) is 35.2 Å². The summed E-state index contributed by atoms with van der Waals surface area (Å²) in [5.74, 6) is 0.626. The van der Waals surface area contributed by atoms with E-state index in [1.807, 2.05) is 6.07 Å². The number of nitrogens with one attached hydrogen (secondary N) is 1. The number of rotatable bonds is 4. The number of nitrogens with zero attached hydrogens (tertiary/aromatic N) is 1. The Labute approximate surface area is 120 Å². The Morgan fingerprint density at radius 1 is 1.47 bits per heavy atom. The van der Waals surface area contributed by atoms with Crippen LogP contribution in [0.15, 0.2) is 34.5 Å². The van der Waals surface area contributed by atoms with Crippen molar-refractivity contribution >= 4 is 23.1 Å². The van der Waals surface area contributed by atoms with Crippen molar-refractivity contribution in [2.45, 2.75) is 29.5 Å². The second-order valence-corrected chi connectivity index (χ2v) is 6.55. The summed E-state index contributed by atoms with van der Waals surface area (Å²) >= 11 is 3.33. The molecule has 1 aromatic carbocycles. The van der Waals surface area contributed by atoms with Crippen molar-refractivity contribution in [2.24, 2.45) is 0 Å². The van der Waals surface area contributed by atoms with Gasteiger partial charge in [0, 0.05) is 10.3 Å². The summed E-state index contributed by atoms with van der Waals surface area (Å²) in [7, 11) is 0. The van der Waals surface area contributed by atoms with Crippen LogP contribution in [0.4, 0.5) is 4.39 Å². The van der Waals surface area contributed by atoms with Gasteiger partial charge in [0.05, 0.1) is 17.5 Å². The molecule has 100 valence electrons. The van der Waals surface area contributed by atoms with Gasteiger partial charge >= 0.3 is 0 Å². The standard InChI is InChI=1S/C14H15FN2S2/c15-10-3-1-4-11(7-10)18-9-14-17-13(8-19-14)12-5-2-6-16-12/h1,3-4,7-8,12,16H,2,5-6,9H2. The normalized spacial score (nSPS) is 18.9. The molecule has 0 saturated carbocycles. The molecule has 1 saturated heterocycles. The van der Waals surface area contributed by atoms with Crippen molar-refractivity contribution in [3.8, 4) is 0 Å². The van der Waals surface area contributed by atoms with Crippen molar-refractivity contribution < 1.29 is 4.39 Å². The molecule has 1 N–H and O–H groups in total. The first-order valence-corrected chi connectivity index (χ1v) is 8.24. The molecule has 2 heterocycles. The van der Waals surface area contributed by atoms with Gasteiger partial charge in [0.2, 0.25) is 0 Å².